The fraction of sp³-hybridized carbons (Fsp3) is 0.800. The molecule has 0 heterocycles. The van der Waals surface area contributed by atoms with Crippen LogP contribution in [0.25, 0.3) is 0 Å². The topological polar surface area (TPSA) is 94.5 Å². The molecule has 14 heavy (non-hydrogen) atoms. The van der Waals surface area contributed by atoms with E-state index in [2.05, 4.69) is 0 Å². The van der Waals surface area contributed by atoms with Gasteiger partial charge in [0.2, 0.25) is 0 Å². The van der Waals surface area contributed by atoms with Crippen LogP contribution in [0.15, 0.2) is 0 Å². The van der Waals surface area contributed by atoms with Gasteiger partial charge in [0.25, 0.3) is 10.1 Å². The van der Waals surface area contributed by atoms with Crippen LogP contribution >= 0.6 is 21.6 Å². The van der Waals surface area contributed by atoms with Crippen molar-refractivity contribution < 1.29 is 52.4 Å². The van der Waals surface area contributed by atoms with Crippen molar-refractivity contribution in [2.75, 3.05) is 11.5 Å². The summed E-state index contributed by atoms with van der Waals surface area (Å²) in [5.74, 6) is -1.41. The van der Waals surface area contributed by atoms with Crippen molar-refractivity contribution in [2.45, 2.75) is 12.2 Å². The largest absolute Gasteiger partial charge is 1.00 e. The molecule has 1 unspecified atom stereocenters. The van der Waals surface area contributed by atoms with Crippen molar-refractivity contribution in [1.29, 1.82) is 0 Å². The molecular weight excluding hydrogens is 259 g/mol. The van der Waals surface area contributed by atoms with Crippen LogP contribution in [0.2, 0.25) is 0 Å². The van der Waals surface area contributed by atoms with Gasteiger partial charge in [0.1, 0.15) is 0 Å². The Balaban J connectivity index is 0. The molecule has 0 fully saturated rings. The molecule has 0 aromatic carbocycles. The smallest absolute Gasteiger partial charge is 0.549 e. The molecule has 0 rings (SSSR count). The molecular formula is C5H9NaO5S3. The summed E-state index contributed by atoms with van der Waals surface area (Å²) in [4.78, 5) is 10.2. The Morgan fingerprint density at radius 3 is 2.43 bits per heavy atom. The van der Waals surface area contributed by atoms with Gasteiger partial charge in [-0.15, -0.1) is 0 Å². The zero-order valence-corrected chi connectivity index (χ0v) is 12.2. The van der Waals surface area contributed by atoms with E-state index in [0.29, 0.717) is 0 Å². The number of rotatable bonds is 6. The second kappa shape index (κ2) is 8.26. The van der Waals surface area contributed by atoms with E-state index >= 15 is 0 Å². The molecule has 5 nitrogen and oxygen atoms in total. The zero-order chi connectivity index (χ0) is 10.5. The summed E-state index contributed by atoms with van der Waals surface area (Å²) < 4.78 is 28.7. The van der Waals surface area contributed by atoms with Crippen LogP contribution < -0.4 is 34.7 Å². The van der Waals surface area contributed by atoms with Crippen LogP contribution in [0.4, 0.5) is 0 Å². The molecule has 0 radical (unpaired) electrons. The molecule has 0 saturated carbocycles. The third-order valence-corrected chi connectivity index (χ3v) is 4.71. The molecule has 78 valence electrons. The average molecular weight is 268 g/mol. The average Bonchev–Trinajstić information content (AvgIpc) is 1.95. The predicted octanol–water partition coefficient (Wildman–Crippen LogP) is -3.60. The molecule has 0 aliphatic rings. The van der Waals surface area contributed by atoms with Gasteiger partial charge in [0.15, 0.2) is 0 Å². The summed E-state index contributed by atoms with van der Waals surface area (Å²) >= 11 is 0. The van der Waals surface area contributed by atoms with Gasteiger partial charge >= 0.3 is 29.6 Å². The minimum Gasteiger partial charge on any atom is -0.549 e. The van der Waals surface area contributed by atoms with E-state index in [9.17, 15) is 18.3 Å². The Morgan fingerprint density at radius 2 is 2.07 bits per heavy atom. The van der Waals surface area contributed by atoms with Crippen molar-refractivity contribution in [3.8, 4) is 0 Å². The molecule has 1 N–H and O–H groups in total. The second-order valence-electron chi connectivity index (χ2n) is 2.17. The normalized spacial score (nSPS) is 13.0. The maximum atomic E-state index is 10.2. The van der Waals surface area contributed by atoms with Gasteiger partial charge in [-0.25, -0.2) is 0 Å². The van der Waals surface area contributed by atoms with Crippen LogP contribution in [-0.2, 0) is 14.9 Å². The zero-order valence-electron chi connectivity index (χ0n) is 7.80. The van der Waals surface area contributed by atoms with E-state index in [4.69, 9.17) is 4.55 Å². The number of hydrogen-bond acceptors (Lipinski definition) is 6. The van der Waals surface area contributed by atoms with E-state index in [-0.39, 0.29) is 41.1 Å². The third-order valence-electron chi connectivity index (χ3n) is 0.969. The van der Waals surface area contributed by atoms with Gasteiger partial charge in [-0.05, 0) is 6.92 Å². The van der Waals surface area contributed by atoms with Crippen LogP contribution in [0.1, 0.15) is 6.92 Å². The van der Waals surface area contributed by atoms with E-state index in [1.54, 1.807) is 0 Å². The van der Waals surface area contributed by atoms with Gasteiger partial charge in [-0.2, -0.15) is 8.42 Å². The first-order valence-corrected chi connectivity index (χ1v) is 7.26. The van der Waals surface area contributed by atoms with Gasteiger partial charge in [-0.1, -0.05) is 21.6 Å². The first-order valence-electron chi connectivity index (χ1n) is 3.27. The summed E-state index contributed by atoms with van der Waals surface area (Å²) in [5, 5.41) is 9.49. The van der Waals surface area contributed by atoms with Crippen LogP contribution in [0.5, 0.6) is 0 Å². The number of carboxylic acid groups (broad SMARTS) is 1. The first kappa shape index (κ1) is 17.5. The molecule has 1 atom stereocenters. The fourth-order valence-corrected chi connectivity index (χ4v) is 3.57. The molecule has 0 aromatic rings. The SMILES string of the molecule is CC(SSCCS(=O)(=O)O)C(=O)[O-].[Na+]. The minimum atomic E-state index is -3.94. The fourth-order valence-electron chi connectivity index (χ4n) is 0.329. The number of hydrogen-bond donors (Lipinski definition) is 1. The predicted molar refractivity (Wildman–Crippen MR) is 50.9 cm³/mol. The summed E-state index contributed by atoms with van der Waals surface area (Å²) in [6.07, 6.45) is 0. The quantitative estimate of drug-likeness (QED) is 0.230. The van der Waals surface area contributed by atoms with Gasteiger partial charge in [0.05, 0.1) is 17.0 Å². The standard InChI is InChI=1S/C5H10O5S3.Na/c1-4(5(6)7)12-11-2-3-13(8,9)10;/h4H,2-3H2,1H3,(H,6,7)(H,8,9,10);/q;+1/p-1. The number of carboxylic acids is 1. The van der Waals surface area contributed by atoms with Crippen molar-refractivity contribution in [1.82, 2.24) is 0 Å². The second-order valence-corrected chi connectivity index (χ2v) is 6.57. The molecule has 0 saturated heterocycles. The van der Waals surface area contributed by atoms with Crippen molar-refractivity contribution in [3.05, 3.63) is 0 Å². The molecule has 0 aliphatic heterocycles. The molecule has 0 aliphatic carbocycles. The monoisotopic (exact) mass is 268 g/mol. The van der Waals surface area contributed by atoms with Crippen molar-refractivity contribution in [3.63, 3.8) is 0 Å². The Labute approximate surface area is 113 Å². The van der Waals surface area contributed by atoms with Gasteiger partial charge in [0, 0.05) is 5.75 Å². The minimum absolute atomic E-state index is 0. The summed E-state index contributed by atoms with van der Waals surface area (Å²) in [6.45, 7) is 1.44. The number of carbonyl (C=O) groups excluding carboxylic acids is 1. The van der Waals surface area contributed by atoms with Gasteiger partial charge in [-0.3, -0.25) is 4.55 Å². The number of carbonyl (C=O) groups is 1. The van der Waals surface area contributed by atoms with Crippen molar-refractivity contribution in [2.24, 2.45) is 0 Å². The molecule has 0 amide bonds. The molecule has 0 spiro atoms. The van der Waals surface area contributed by atoms with Gasteiger partial charge < -0.3 is 9.90 Å². The van der Waals surface area contributed by atoms with E-state index in [0.717, 1.165) is 21.6 Å². The van der Waals surface area contributed by atoms with E-state index in [1.807, 2.05) is 0 Å². The number of aliphatic carboxylic acids is 1. The van der Waals surface area contributed by atoms with Crippen LogP contribution in [0, 0.1) is 0 Å². The Kier molecular flexibility index (Phi) is 10.3. The maximum Gasteiger partial charge on any atom is 1.00 e. The van der Waals surface area contributed by atoms with Crippen LogP contribution in [-0.4, -0.2) is 35.7 Å². The molecule has 9 heteroatoms. The summed E-state index contributed by atoms with van der Waals surface area (Å²) in [6, 6.07) is 0. The van der Waals surface area contributed by atoms with Crippen LogP contribution in [0.3, 0.4) is 0 Å². The first-order chi connectivity index (χ1) is 5.83. The molecule has 0 bridgehead atoms. The summed E-state index contributed by atoms with van der Waals surface area (Å²) in [5.41, 5.74) is 0. The third kappa shape index (κ3) is 11.2. The Morgan fingerprint density at radius 1 is 1.57 bits per heavy atom. The van der Waals surface area contributed by atoms with E-state index < -0.39 is 21.3 Å². The van der Waals surface area contributed by atoms with E-state index in [1.165, 1.54) is 6.92 Å². The Hall–Kier alpha value is 1.08. The maximum absolute atomic E-state index is 10.2. The Bertz CT molecular complexity index is 265. The molecule has 0 aromatic heterocycles. The van der Waals surface area contributed by atoms with Crippen molar-refractivity contribution >= 4 is 37.7 Å². The summed E-state index contributed by atoms with van der Waals surface area (Å²) in [7, 11) is -1.86.